The summed E-state index contributed by atoms with van der Waals surface area (Å²) in [7, 11) is 4.17. The van der Waals surface area contributed by atoms with Crippen molar-refractivity contribution < 1.29 is 4.74 Å². The van der Waals surface area contributed by atoms with Crippen LogP contribution in [0.5, 0.6) is 0 Å². The van der Waals surface area contributed by atoms with Gasteiger partial charge in [-0.3, -0.25) is 4.90 Å². The van der Waals surface area contributed by atoms with Crippen LogP contribution in [-0.4, -0.2) is 31.3 Å². The summed E-state index contributed by atoms with van der Waals surface area (Å²) in [6.07, 6.45) is 21.2. The molecular formula is C22H46ClNO. The second kappa shape index (κ2) is 18.7. The van der Waals surface area contributed by atoms with Crippen molar-refractivity contribution >= 4 is 12.4 Å². The standard InChI is InChI=1S/C22H45NO.ClH/c1-6-9-10-11-12-13-14-15-16-17-18-19-20-21-22(7-2,23(4)5)24-8-3;/h7H,2,6,8-21H2,1,3-5H3;1H. The van der Waals surface area contributed by atoms with Crippen molar-refractivity contribution in [3.05, 3.63) is 12.7 Å². The molecule has 0 saturated heterocycles. The maximum absolute atomic E-state index is 5.96. The smallest absolute Gasteiger partial charge is 0.140 e. The molecule has 0 radical (unpaired) electrons. The van der Waals surface area contributed by atoms with E-state index in [2.05, 4.69) is 39.4 Å². The minimum atomic E-state index is -0.271. The van der Waals surface area contributed by atoms with Gasteiger partial charge in [-0.2, -0.15) is 0 Å². The normalized spacial score (nSPS) is 13.5. The third kappa shape index (κ3) is 13.8. The number of ether oxygens (including phenoxy) is 1. The highest BCUT2D eigenvalue weighted by atomic mass is 35.5. The Morgan fingerprint density at radius 3 is 1.48 bits per heavy atom. The molecule has 0 aliphatic rings. The van der Waals surface area contributed by atoms with Gasteiger partial charge in [0.2, 0.25) is 0 Å². The highest BCUT2D eigenvalue weighted by Gasteiger charge is 2.28. The number of likely N-dealkylation sites (N-methyl/N-ethyl adjacent to an activating group) is 1. The molecule has 25 heavy (non-hydrogen) atoms. The van der Waals surface area contributed by atoms with Crippen molar-refractivity contribution in [1.82, 2.24) is 4.90 Å². The third-order valence-electron chi connectivity index (χ3n) is 5.11. The Morgan fingerprint density at radius 1 is 0.760 bits per heavy atom. The van der Waals surface area contributed by atoms with Crippen LogP contribution in [0.25, 0.3) is 0 Å². The van der Waals surface area contributed by atoms with Gasteiger partial charge in [0, 0.05) is 6.61 Å². The van der Waals surface area contributed by atoms with Crippen LogP contribution in [0.1, 0.15) is 104 Å². The van der Waals surface area contributed by atoms with Gasteiger partial charge in [-0.15, -0.1) is 12.4 Å². The quantitative estimate of drug-likeness (QED) is 0.141. The van der Waals surface area contributed by atoms with Gasteiger partial charge in [-0.05, 0) is 39.9 Å². The second-order valence-electron chi connectivity index (χ2n) is 7.37. The molecule has 0 fully saturated rings. The average Bonchev–Trinajstić information content (AvgIpc) is 2.57. The predicted molar refractivity (Wildman–Crippen MR) is 116 cm³/mol. The Morgan fingerprint density at radius 2 is 1.16 bits per heavy atom. The molecule has 0 heterocycles. The van der Waals surface area contributed by atoms with Crippen LogP contribution in [0, 0.1) is 0 Å². The first-order chi connectivity index (χ1) is 11.6. The number of halogens is 1. The van der Waals surface area contributed by atoms with E-state index in [-0.39, 0.29) is 18.1 Å². The summed E-state index contributed by atoms with van der Waals surface area (Å²) in [5.41, 5.74) is -0.271. The van der Waals surface area contributed by atoms with E-state index in [0.717, 1.165) is 13.0 Å². The van der Waals surface area contributed by atoms with Gasteiger partial charge < -0.3 is 4.74 Å². The lowest BCUT2D eigenvalue weighted by atomic mass is 10.0. The maximum Gasteiger partial charge on any atom is 0.140 e. The highest BCUT2D eigenvalue weighted by Crippen LogP contribution is 2.24. The molecule has 152 valence electrons. The van der Waals surface area contributed by atoms with Gasteiger partial charge in [0.25, 0.3) is 0 Å². The Bertz CT molecular complexity index is 283. The molecule has 0 aromatic carbocycles. The Hall–Kier alpha value is -0.0500. The summed E-state index contributed by atoms with van der Waals surface area (Å²) in [6.45, 7) is 9.07. The number of rotatable bonds is 18. The Balaban J connectivity index is 0. The first kappa shape index (κ1) is 27.2. The molecular weight excluding hydrogens is 330 g/mol. The summed E-state index contributed by atoms with van der Waals surface area (Å²) in [5, 5.41) is 0. The molecule has 0 bridgehead atoms. The summed E-state index contributed by atoms with van der Waals surface area (Å²) >= 11 is 0. The minimum absolute atomic E-state index is 0. The average molecular weight is 376 g/mol. The fourth-order valence-corrected chi connectivity index (χ4v) is 3.41. The number of unbranched alkanes of at least 4 members (excludes halogenated alkanes) is 12. The van der Waals surface area contributed by atoms with E-state index >= 15 is 0 Å². The number of nitrogens with zero attached hydrogens (tertiary/aromatic N) is 1. The minimum Gasteiger partial charge on any atom is -0.357 e. The van der Waals surface area contributed by atoms with Crippen molar-refractivity contribution in [1.29, 1.82) is 0 Å². The van der Waals surface area contributed by atoms with Gasteiger partial charge in [0.1, 0.15) is 5.72 Å². The van der Waals surface area contributed by atoms with E-state index in [1.165, 1.54) is 83.5 Å². The molecule has 0 rings (SSSR count). The molecule has 0 saturated carbocycles. The molecule has 3 heteroatoms. The summed E-state index contributed by atoms with van der Waals surface area (Å²) in [5.74, 6) is 0. The monoisotopic (exact) mass is 375 g/mol. The molecule has 0 amide bonds. The van der Waals surface area contributed by atoms with Crippen LogP contribution in [0.3, 0.4) is 0 Å². The van der Waals surface area contributed by atoms with Gasteiger partial charge in [0.05, 0.1) is 0 Å². The molecule has 2 nitrogen and oxygen atoms in total. The first-order valence-corrected chi connectivity index (χ1v) is 10.6. The lowest BCUT2D eigenvalue weighted by Gasteiger charge is -2.37. The zero-order valence-corrected chi connectivity index (χ0v) is 18.5. The van der Waals surface area contributed by atoms with Gasteiger partial charge in [-0.25, -0.2) is 0 Å². The fourth-order valence-electron chi connectivity index (χ4n) is 3.41. The van der Waals surface area contributed by atoms with Crippen molar-refractivity contribution in [3.8, 4) is 0 Å². The summed E-state index contributed by atoms with van der Waals surface area (Å²) in [4.78, 5) is 2.16. The molecule has 0 aliphatic carbocycles. The molecule has 1 atom stereocenters. The molecule has 0 spiro atoms. The topological polar surface area (TPSA) is 12.5 Å². The van der Waals surface area contributed by atoms with E-state index in [1.54, 1.807) is 0 Å². The maximum atomic E-state index is 5.96. The van der Waals surface area contributed by atoms with Crippen LogP contribution in [0.2, 0.25) is 0 Å². The summed E-state index contributed by atoms with van der Waals surface area (Å²) in [6, 6.07) is 0. The van der Waals surface area contributed by atoms with Gasteiger partial charge in [0.15, 0.2) is 0 Å². The predicted octanol–water partition coefficient (Wildman–Crippen LogP) is 7.37. The first-order valence-electron chi connectivity index (χ1n) is 10.6. The lowest BCUT2D eigenvalue weighted by molar-refractivity contribution is -0.103. The van der Waals surface area contributed by atoms with E-state index in [4.69, 9.17) is 4.74 Å². The second-order valence-corrected chi connectivity index (χ2v) is 7.37. The molecule has 0 aromatic heterocycles. The van der Waals surface area contributed by atoms with Gasteiger partial charge in [-0.1, -0.05) is 90.6 Å². The van der Waals surface area contributed by atoms with E-state index < -0.39 is 0 Å². The molecule has 0 aliphatic heterocycles. The fraction of sp³-hybridized carbons (Fsp3) is 0.909. The van der Waals surface area contributed by atoms with Crippen LogP contribution < -0.4 is 0 Å². The van der Waals surface area contributed by atoms with Gasteiger partial charge >= 0.3 is 0 Å². The van der Waals surface area contributed by atoms with Crippen LogP contribution in [0.15, 0.2) is 12.7 Å². The molecule has 0 aromatic rings. The van der Waals surface area contributed by atoms with E-state index in [9.17, 15) is 0 Å². The molecule has 0 N–H and O–H groups in total. The van der Waals surface area contributed by atoms with Crippen LogP contribution in [-0.2, 0) is 4.74 Å². The van der Waals surface area contributed by atoms with Crippen LogP contribution >= 0.6 is 12.4 Å². The van der Waals surface area contributed by atoms with Crippen molar-refractivity contribution in [2.45, 2.75) is 109 Å². The zero-order chi connectivity index (χ0) is 18.1. The SMILES string of the molecule is C=CC(CCCCCCCCCCCCCCC)(OCC)N(C)C.Cl. The van der Waals surface area contributed by atoms with Crippen molar-refractivity contribution in [2.75, 3.05) is 20.7 Å². The van der Waals surface area contributed by atoms with Crippen LogP contribution in [0.4, 0.5) is 0 Å². The van der Waals surface area contributed by atoms with E-state index in [0.29, 0.717) is 0 Å². The third-order valence-corrected chi connectivity index (χ3v) is 5.11. The number of hydrogen-bond acceptors (Lipinski definition) is 2. The van der Waals surface area contributed by atoms with Crippen molar-refractivity contribution in [2.24, 2.45) is 0 Å². The number of hydrogen-bond donors (Lipinski definition) is 0. The highest BCUT2D eigenvalue weighted by molar-refractivity contribution is 5.85. The zero-order valence-electron chi connectivity index (χ0n) is 17.7. The lowest BCUT2D eigenvalue weighted by Crippen LogP contribution is -2.44. The Labute approximate surface area is 165 Å². The van der Waals surface area contributed by atoms with E-state index in [1.807, 2.05) is 6.08 Å². The Kier molecular flexibility index (Phi) is 20.4. The summed E-state index contributed by atoms with van der Waals surface area (Å²) < 4.78 is 5.96. The van der Waals surface area contributed by atoms with Crippen molar-refractivity contribution in [3.63, 3.8) is 0 Å². The molecule has 1 unspecified atom stereocenters. The largest absolute Gasteiger partial charge is 0.357 e.